The zero-order valence-corrected chi connectivity index (χ0v) is 19.5. The van der Waals surface area contributed by atoms with E-state index in [0.717, 1.165) is 21.1 Å². The van der Waals surface area contributed by atoms with Crippen LogP contribution in [0.3, 0.4) is 0 Å². The van der Waals surface area contributed by atoms with E-state index in [4.69, 9.17) is 0 Å². The average molecular weight is 546 g/mol. The second-order valence-corrected chi connectivity index (χ2v) is 18.1. The molecule has 0 radical (unpaired) electrons. The summed E-state index contributed by atoms with van der Waals surface area (Å²) in [6.07, 6.45) is -0.554. The van der Waals surface area contributed by atoms with Crippen LogP contribution in [0.2, 0.25) is 0 Å². The van der Waals surface area contributed by atoms with E-state index in [9.17, 15) is 18.7 Å². The number of aromatic hydroxyl groups is 1. The predicted molar refractivity (Wildman–Crippen MR) is 107 cm³/mol. The van der Waals surface area contributed by atoms with Crippen molar-refractivity contribution in [1.29, 1.82) is 0 Å². The first-order valence-corrected chi connectivity index (χ1v) is 15.6. The van der Waals surface area contributed by atoms with Gasteiger partial charge in [-0.3, -0.25) is 0 Å². The van der Waals surface area contributed by atoms with Crippen LogP contribution in [0, 0.1) is 18.6 Å². The van der Waals surface area contributed by atoms with Crippen molar-refractivity contribution in [2.75, 3.05) is 28.6 Å². The molecule has 3 fully saturated rings. The molecule has 1 amide bonds. The SMILES string of the molecule is Cc1ccc(CN2CC[I-]3(C[N+]34CC[C@@H](c3ccc(O)c(F)c3)[C@H](F)C4)C2=O)cc1F. The van der Waals surface area contributed by atoms with Crippen LogP contribution in [0.4, 0.5) is 18.0 Å². The average Bonchev–Trinajstić information content (AvgIpc) is 3.24. The van der Waals surface area contributed by atoms with Crippen molar-refractivity contribution in [1.82, 2.24) is 4.90 Å². The van der Waals surface area contributed by atoms with Gasteiger partial charge in [-0.15, -0.1) is 0 Å². The van der Waals surface area contributed by atoms with Gasteiger partial charge >= 0.3 is 184 Å². The Morgan fingerprint density at radius 3 is 2.71 bits per heavy atom. The first kappa shape index (κ1) is 21.1. The summed E-state index contributed by atoms with van der Waals surface area (Å²) >= 11 is -2.82. The van der Waals surface area contributed by atoms with Gasteiger partial charge in [0.2, 0.25) is 0 Å². The molecule has 31 heavy (non-hydrogen) atoms. The topological polar surface area (TPSA) is 40.5 Å². The molecular formula is C23H26F3IN2O2. The Bertz CT molecular complexity index is 1070. The number of phenolic OH excluding ortho intramolecular Hbond substituents is 1. The van der Waals surface area contributed by atoms with E-state index in [0.29, 0.717) is 39.9 Å². The predicted octanol–water partition coefficient (Wildman–Crippen LogP) is 1.30. The third-order valence-corrected chi connectivity index (χ3v) is 18.5. The Morgan fingerprint density at radius 1 is 1.19 bits per heavy atom. The molecular weight excluding hydrogens is 520 g/mol. The van der Waals surface area contributed by atoms with Crippen molar-refractivity contribution < 1.29 is 44.5 Å². The molecule has 0 bridgehead atoms. The van der Waals surface area contributed by atoms with Gasteiger partial charge in [-0.25, -0.2) is 0 Å². The third-order valence-electron chi connectivity index (χ3n) is 7.04. The van der Waals surface area contributed by atoms with Crippen LogP contribution in [0.15, 0.2) is 36.4 Å². The number of quaternary nitrogens is 1. The molecule has 2 aromatic carbocycles. The number of fused-ring (bicyclic) bond motifs is 1. The zero-order chi connectivity index (χ0) is 22.0. The van der Waals surface area contributed by atoms with Gasteiger partial charge in [0.25, 0.3) is 0 Å². The molecule has 8 heteroatoms. The molecule has 3 aliphatic heterocycles. The number of carbonyl (C=O) groups excluding carboxylic acids is 1. The quantitative estimate of drug-likeness (QED) is 0.158. The van der Waals surface area contributed by atoms with E-state index >= 15 is 4.39 Å². The Kier molecular flexibility index (Phi) is 5.00. The number of aryl methyl sites for hydroxylation is 1. The second kappa shape index (κ2) is 7.37. The summed E-state index contributed by atoms with van der Waals surface area (Å²) in [5.74, 6) is -1.82. The summed E-state index contributed by atoms with van der Waals surface area (Å²) in [5, 5.41) is 9.40. The molecule has 0 saturated carbocycles. The number of halogens is 4. The maximum atomic E-state index is 15.3. The molecule has 5 rings (SSSR count). The number of hydrogen-bond acceptors (Lipinski definition) is 2. The van der Waals surface area contributed by atoms with E-state index in [2.05, 4.69) is 0 Å². The summed E-state index contributed by atoms with van der Waals surface area (Å²) < 4.78 is 45.4. The van der Waals surface area contributed by atoms with Crippen LogP contribution in [-0.4, -0.2) is 51.4 Å². The standard InChI is InChI=1S/C23H26F3IN2O2/c1-15-2-3-16(10-19(15)24)12-28-8-7-27(23(28)31)14-29(27)9-6-18(21(26)13-29)17-4-5-22(30)20(25)11-17/h2-5,10-11,18,21,30H,6-9,12-14H2,1H3/t18-,21+,29?/m0/s1. The van der Waals surface area contributed by atoms with E-state index < -0.39 is 42.4 Å². The Labute approximate surface area is 184 Å². The van der Waals surface area contributed by atoms with Crippen LogP contribution < -0.4 is 18.7 Å². The Morgan fingerprint density at radius 2 is 2.00 bits per heavy atom. The van der Waals surface area contributed by atoms with E-state index in [1.807, 2.05) is 11.0 Å². The number of alkyl halides is 3. The number of amides is 1. The van der Waals surface area contributed by atoms with Gasteiger partial charge in [0, 0.05) is 0 Å². The molecule has 2 unspecified atom stereocenters. The van der Waals surface area contributed by atoms with Crippen molar-refractivity contribution in [2.24, 2.45) is 0 Å². The van der Waals surface area contributed by atoms with Gasteiger partial charge < -0.3 is 0 Å². The van der Waals surface area contributed by atoms with Gasteiger partial charge in [-0.2, -0.15) is 0 Å². The minimum atomic E-state index is -2.82. The molecule has 1 N–H and O–H groups in total. The summed E-state index contributed by atoms with van der Waals surface area (Å²) in [6.45, 7) is 3.88. The van der Waals surface area contributed by atoms with Gasteiger partial charge in [-0.1, -0.05) is 0 Å². The molecule has 0 aliphatic carbocycles. The number of nitrogens with zero attached hydrogens (tertiary/aromatic N) is 2. The molecule has 168 valence electrons. The van der Waals surface area contributed by atoms with E-state index in [1.165, 1.54) is 18.2 Å². The first-order valence-electron chi connectivity index (χ1n) is 10.5. The normalized spacial score (nSPS) is 34.3. The summed E-state index contributed by atoms with van der Waals surface area (Å²) in [5.41, 5.74) is 1.95. The number of rotatable bonds is 3. The van der Waals surface area contributed by atoms with Crippen LogP contribution in [-0.2, 0) is 6.54 Å². The van der Waals surface area contributed by atoms with E-state index in [-0.39, 0.29) is 9.73 Å². The molecule has 3 saturated heterocycles. The summed E-state index contributed by atoms with van der Waals surface area (Å²) in [4.78, 5) is 15.2. The fourth-order valence-corrected chi connectivity index (χ4v) is 18.1. The van der Waals surface area contributed by atoms with Gasteiger partial charge in [-0.05, 0) is 0 Å². The monoisotopic (exact) mass is 546 g/mol. The van der Waals surface area contributed by atoms with Crippen LogP contribution in [0.1, 0.15) is 29.0 Å². The molecule has 4 nitrogen and oxygen atoms in total. The van der Waals surface area contributed by atoms with Crippen molar-refractivity contribution in [3.63, 3.8) is 0 Å². The summed E-state index contributed by atoms with van der Waals surface area (Å²) in [7, 11) is 0. The van der Waals surface area contributed by atoms with Gasteiger partial charge in [0.15, 0.2) is 0 Å². The summed E-state index contributed by atoms with van der Waals surface area (Å²) in [6, 6.07) is 9.19. The Balaban J connectivity index is 1.28. The molecule has 2 spiro atoms. The van der Waals surface area contributed by atoms with Crippen molar-refractivity contribution >= 4 is 3.91 Å². The molecule has 4 atom stereocenters. The number of carbonyl (C=O) groups is 1. The zero-order valence-electron chi connectivity index (χ0n) is 17.3. The van der Waals surface area contributed by atoms with Gasteiger partial charge in [0.1, 0.15) is 0 Å². The maximum absolute atomic E-state index is 15.3. The molecule has 0 aromatic heterocycles. The molecule has 3 aliphatic rings. The van der Waals surface area contributed by atoms with Crippen LogP contribution >= 0.6 is 0 Å². The number of hydrogen-bond donors (Lipinski definition) is 1. The first-order chi connectivity index (χ1) is 14.7. The van der Waals surface area contributed by atoms with Gasteiger partial charge in [0.05, 0.1) is 0 Å². The fourth-order valence-electron chi connectivity index (χ4n) is 5.12. The van der Waals surface area contributed by atoms with Crippen molar-refractivity contribution in [3.8, 4) is 5.75 Å². The molecule has 3 heterocycles. The van der Waals surface area contributed by atoms with Crippen molar-refractivity contribution in [3.05, 3.63) is 64.7 Å². The number of piperidine rings is 1. The molecule has 2 aromatic rings. The Hall–Kier alpha value is -1.81. The van der Waals surface area contributed by atoms with Crippen LogP contribution in [0.5, 0.6) is 5.75 Å². The fraction of sp³-hybridized carbons (Fsp3) is 0.435. The minimum absolute atomic E-state index is 0.217. The van der Waals surface area contributed by atoms with Crippen molar-refractivity contribution in [2.45, 2.75) is 32.0 Å². The third kappa shape index (κ3) is 3.33. The number of phenols is 1. The number of benzene rings is 2. The van der Waals surface area contributed by atoms with E-state index in [1.54, 1.807) is 19.1 Å². The second-order valence-electron chi connectivity index (χ2n) is 8.90. The van der Waals surface area contributed by atoms with Crippen LogP contribution in [0.25, 0.3) is 0 Å².